The summed E-state index contributed by atoms with van der Waals surface area (Å²) in [4.78, 5) is 11.5. The molecule has 15 heavy (non-hydrogen) atoms. The van der Waals surface area contributed by atoms with Gasteiger partial charge in [-0.05, 0) is 18.8 Å². The first kappa shape index (κ1) is 12.5. The molecule has 0 spiro atoms. The van der Waals surface area contributed by atoms with Crippen LogP contribution in [0.5, 0.6) is 0 Å². The second-order valence-electron chi connectivity index (χ2n) is 3.87. The van der Waals surface area contributed by atoms with E-state index in [-0.39, 0.29) is 15.6 Å². The number of nitrogens with zero attached hydrogens (tertiary/aromatic N) is 2. The maximum Gasteiger partial charge on any atom is 0.287 e. The summed E-state index contributed by atoms with van der Waals surface area (Å²) in [6, 6.07) is 0. The highest BCUT2D eigenvalue weighted by molar-refractivity contribution is 6.41. The van der Waals surface area contributed by atoms with E-state index in [1.54, 1.807) is 0 Å². The summed E-state index contributed by atoms with van der Waals surface area (Å²) in [7, 11) is 0. The van der Waals surface area contributed by atoms with Crippen LogP contribution in [0.4, 0.5) is 0 Å². The molecule has 0 fully saturated rings. The fourth-order valence-corrected chi connectivity index (χ4v) is 1.52. The van der Waals surface area contributed by atoms with Gasteiger partial charge in [-0.25, -0.2) is 4.68 Å². The predicted molar refractivity (Wildman–Crippen MR) is 62.6 cm³/mol. The van der Waals surface area contributed by atoms with Crippen molar-refractivity contribution in [2.75, 3.05) is 0 Å². The summed E-state index contributed by atoms with van der Waals surface area (Å²) < 4.78 is 1.36. The average Bonchev–Trinajstić information content (AvgIpc) is 2.18. The van der Waals surface area contributed by atoms with Crippen LogP contribution in [0.1, 0.15) is 26.7 Å². The van der Waals surface area contributed by atoms with Crippen molar-refractivity contribution in [1.82, 2.24) is 9.78 Å². The van der Waals surface area contributed by atoms with Crippen LogP contribution in [0.25, 0.3) is 0 Å². The van der Waals surface area contributed by atoms with Crippen LogP contribution >= 0.6 is 23.2 Å². The van der Waals surface area contributed by atoms with Crippen molar-refractivity contribution < 1.29 is 0 Å². The molecular weight excluding hydrogens is 235 g/mol. The largest absolute Gasteiger partial charge is 0.287 e. The Morgan fingerprint density at radius 1 is 1.47 bits per heavy atom. The Kier molecular flexibility index (Phi) is 4.61. The Morgan fingerprint density at radius 2 is 2.13 bits per heavy atom. The molecule has 1 aromatic heterocycles. The van der Waals surface area contributed by atoms with Crippen LogP contribution in [-0.4, -0.2) is 9.78 Å². The van der Waals surface area contributed by atoms with Crippen LogP contribution in [-0.2, 0) is 6.54 Å². The average molecular weight is 249 g/mol. The van der Waals surface area contributed by atoms with E-state index in [2.05, 4.69) is 18.9 Å². The van der Waals surface area contributed by atoms with Crippen LogP contribution in [0.2, 0.25) is 10.0 Å². The van der Waals surface area contributed by atoms with Gasteiger partial charge in [0.15, 0.2) is 0 Å². The smallest absolute Gasteiger partial charge is 0.266 e. The molecule has 0 aliphatic rings. The minimum absolute atomic E-state index is 0.0520. The highest BCUT2D eigenvalue weighted by Crippen LogP contribution is 2.14. The van der Waals surface area contributed by atoms with Crippen LogP contribution < -0.4 is 5.56 Å². The van der Waals surface area contributed by atoms with Gasteiger partial charge in [-0.1, -0.05) is 37.0 Å². The van der Waals surface area contributed by atoms with Crippen molar-refractivity contribution >= 4 is 23.2 Å². The van der Waals surface area contributed by atoms with Gasteiger partial charge in [-0.3, -0.25) is 4.79 Å². The molecule has 0 aliphatic carbocycles. The normalized spacial score (nSPS) is 11.0. The first-order chi connectivity index (χ1) is 7.02. The fraction of sp³-hybridized carbons (Fsp3) is 0.600. The quantitative estimate of drug-likeness (QED) is 0.822. The van der Waals surface area contributed by atoms with Crippen LogP contribution in [0, 0.1) is 5.92 Å². The molecule has 0 amide bonds. The summed E-state index contributed by atoms with van der Waals surface area (Å²) in [6.45, 7) is 4.88. The summed E-state index contributed by atoms with van der Waals surface area (Å²) in [5, 5.41) is 4.19. The third-order valence-electron chi connectivity index (χ3n) is 2.09. The van der Waals surface area contributed by atoms with Crippen molar-refractivity contribution in [1.29, 1.82) is 0 Å². The maximum absolute atomic E-state index is 11.5. The molecule has 0 saturated carbocycles. The molecule has 1 heterocycles. The Bertz CT molecular complexity index is 387. The molecule has 0 bridgehead atoms. The number of aromatic nitrogens is 2. The SMILES string of the molecule is CC(C)CCCn1ncc(Cl)c(Cl)c1=O. The minimum atomic E-state index is -0.312. The molecule has 5 heteroatoms. The van der Waals surface area contributed by atoms with Crippen molar-refractivity contribution in [3.8, 4) is 0 Å². The highest BCUT2D eigenvalue weighted by Gasteiger charge is 2.06. The summed E-state index contributed by atoms with van der Waals surface area (Å²) in [5.74, 6) is 0.628. The number of rotatable bonds is 4. The van der Waals surface area contributed by atoms with Gasteiger partial charge in [-0.15, -0.1) is 0 Å². The lowest BCUT2D eigenvalue weighted by atomic mass is 10.1. The lowest BCUT2D eigenvalue weighted by molar-refractivity contribution is 0.477. The second kappa shape index (κ2) is 5.52. The van der Waals surface area contributed by atoms with E-state index in [1.807, 2.05) is 0 Å². The van der Waals surface area contributed by atoms with Crippen molar-refractivity contribution in [3.05, 3.63) is 26.6 Å². The van der Waals surface area contributed by atoms with Crippen molar-refractivity contribution in [3.63, 3.8) is 0 Å². The van der Waals surface area contributed by atoms with E-state index in [4.69, 9.17) is 23.2 Å². The third kappa shape index (κ3) is 3.50. The lowest BCUT2D eigenvalue weighted by Crippen LogP contribution is -2.23. The van der Waals surface area contributed by atoms with Gasteiger partial charge in [0.1, 0.15) is 5.02 Å². The van der Waals surface area contributed by atoms with Gasteiger partial charge in [0.25, 0.3) is 5.56 Å². The Hall–Kier alpha value is -0.540. The zero-order valence-corrected chi connectivity index (χ0v) is 10.3. The zero-order valence-electron chi connectivity index (χ0n) is 8.83. The predicted octanol–water partition coefficient (Wildman–Crippen LogP) is 2.99. The first-order valence-corrected chi connectivity index (χ1v) is 5.69. The molecule has 0 radical (unpaired) electrons. The molecule has 0 aromatic carbocycles. The number of hydrogen-bond acceptors (Lipinski definition) is 2. The van der Waals surface area contributed by atoms with E-state index in [9.17, 15) is 4.79 Å². The van der Waals surface area contributed by atoms with Gasteiger partial charge < -0.3 is 0 Å². The van der Waals surface area contributed by atoms with Gasteiger partial charge in [0, 0.05) is 6.54 Å². The monoisotopic (exact) mass is 248 g/mol. The topological polar surface area (TPSA) is 34.9 Å². The third-order valence-corrected chi connectivity index (χ3v) is 2.84. The molecule has 0 atom stereocenters. The molecule has 0 aliphatic heterocycles. The van der Waals surface area contributed by atoms with E-state index in [0.717, 1.165) is 12.8 Å². The Balaban J connectivity index is 2.71. The molecule has 1 aromatic rings. The number of halogens is 2. The minimum Gasteiger partial charge on any atom is -0.266 e. The van der Waals surface area contributed by atoms with Gasteiger partial charge in [0.2, 0.25) is 0 Å². The van der Waals surface area contributed by atoms with Crippen molar-refractivity contribution in [2.45, 2.75) is 33.2 Å². The molecule has 0 N–H and O–H groups in total. The first-order valence-electron chi connectivity index (χ1n) is 4.93. The molecule has 84 valence electrons. The number of hydrogen-bond donors (Lipinski definition) is 0. The molecule has 3 nitrogen and oxygen atoms in total. The molecule has 0 unspecified atom stereocenters. The van der Waals surface area contributed by atoms with Gasteiger partial charge >= 0.3 is 0 Å². The van der Waals surface area contributed by atoms with E-state index < -0.39 is 0 Å². The Morgan fingerprint density at radius 3 is 2.73 bits per heavy atom. The van der Waals surface area contributed by atoms with Gasteiger partial charge in [-0.2, -0.15) is 5.10 Å². The van der Waals surface area contributed by atoms with E-state index >= 15 is 0 Å². The summed E-state index contributed by atoms with van der Waals surface area (Å²) >= 11 is 11.4. The molecule has 0 saturated heterocycles. The maximum atomic E-state index is 11.5. The number of aryl methyl sites for hydroxylation is 1. The van der Waals surface area contributed by atoms with E-state index in [1.165, 1.54) is 10.9 Å². The fourth-order valence-electron chi connectivity index (χ4n) is 1.25. The summed E-state index contributed by atoms with van der Waals surface area (Å²) in [5.41, 5.74) is -0.312. The highest BCUT2D eigenvalue weighted by atomic mass is 35.5. The lowest BCUT2D eigenvalue weighted by Gasteiger charge is -2.06. The second-order valence-corrected chi connectivity index (χ2v) is 4.66. The molecular formula is C10H14Cl2N2O. The molecule has 1 rings (SSSR count). The van der Waals surface area contributed by atoms with Crippen LogP contribution in [0.15, 0.2) is 11.0 Å². The van der Waals surface area contributed by atoms with E-state index in [0.29, 0.717) is 12.5 Å². The zero-order chi connectivity index (χ0) is 11.4. The Labute approximate surface area is 99.0 Å². The summed E-state index contributed by atoms with van der Waals surface area (Å²) in [6.07, 6.45) is 3.39. The standard InChI is InChI=1S/C10H14Cl2N2O/c1-7(2)4-3-5-14-10(15)9(12)8(11)6-13-14/h6-7H,3-5H2,1-2H3. The van der Waals surface area contributed by atoms with Crippen molar-refractivity contribution in [2.24, 2.45) is 5.92 Å². The van der Waals surface area contributed by atoms with Crippen LogP contribution in [0.3, 0.4) is 0 Å². The van der Waals surface area contributed by atoms with Gasteiger partial charge in [0.05, 0.1) is 11.2 Å².